The first-order valence-corrected chi connectivity index (χ1v) is 7.35. The number of benzene rings is 1. The summed E-state index contributed by atoms with van der Waals surface area (Å²) in [5.41, 5.74) is 9.19. The number of hydrogen-bond acceptors (Lipinski definition) is 3. The highest BCUT2D eigenvalue weighted by molar-refractivity contribution is 5.73. The molecule has 3 heteroatoms. The first-order valence-electron chi connectivity index (χ1n) is 7.35. The Morgan fingerprint density at radius 1 is 1.32 bits per heavy atom. The van der Waals surface area contributed by atoms with Crippen LogP contribution in [0.4, 0.5) is 0 Å². The standard InChI is InChI=1S/C16H22N2O/c1-11-18-15-8-7-13(9-16(15)19-11)14(10-17)12-5-3-2-4-6-12/h7-9,12,14H,2-6,10,17H2,1H3. The molecule has 1 fully saturated rings. The lowest BCUT2D eigenvalue weighted by Crippen LogP contribution is -2.23. The van der Waals surface area contributed by atoms with E-state index in [2.05, 4.69) is 23.2 Å². The Bertz CT molecular complexity index is 555. The smallest absolute Gasteiger partial charge is 0.192 e. The van der Waals surface area contributed by atoms with Gasteiger partial charge in [-0.05, 0) is 48.9 Å². The van der Waals surface area contributed by atoms with E-state index in [-0.39, 0.29) is 0 Å². The van der Waals surface area contributed by atoms with Crippen LogP contribution in [-0.2, 0) is 0 Å². The van der Waals surface area contributed by atoms with Crippen molar-refractivity contribution in [3.63, 3.8) is 0 Å². The van der Waals surface area contributed by atoms with Gasteiger partial charge in [-0.2, -0.15) is 0 Å². The minimum absolute atomic E-state index is 0.468. The molecule has 3 nitrogen and oxygen atoms in total. The molecule has 1 aliphatic carbocycles. The molecule has 1 atom stereocenters. The third kappa shape index (κ3) is 2.52. The van der Waals surface area contributed by atoms with Crippen LogP contribution in [0.15, 0.2) is 22.6 Å². The minimum atomic E-state index is 0.468. The maximum atomic E-state index is 6.04. The lowest BCUT2D eigenvalue weighted by molar-refractivity contribution is 0.307. The zero-order valence-corrected chi connectivity index (χ0v) is 11.6. The van der Waals surface area contributed by atoms with Crippen LogP contribution >= 0.6 is 0 Å². The Hall–Kier alpha value is -1.35. The molecule has 0 bridgehead atoms. The lowest BCUT2D eigenvalue weighted by atomic mass is 9.77. The molecule has 102 valence electrons. The number of nitrogens with zero attached hydrogens (tertiary/aromatic N) is 1. The summed E-state index contributed by atoms with van der Waals surface area (Å²) in [6.07, 6.45) is 6.72. The summed E-state index contributed by atoms with van der Waals surface area (Å²) < 4.78 is 5.64. The van der Waals surface area contributed by atoms with Crippen molar-refractivity contribution in [3.05, 3.63) is 29.7 Å². The number of oxazole rings is 1. The lowest BCUT2D eigenvalue weighted by Gasteiger charge is -2.29. The van der Waals surface area contributed by atoms with Crippen molar-refractivity contribution in [2.75, 3.05) is 6.54 Å². The van der Waals surface area contributed by atoms with E-state index in [0.717, 1.165) is 29.5 Å². The molecule has 1 aromatic carbocycles. The van der Waals surface area contributed by atoms with Crippen LogP contribution in [0.1, 0.15) is 49.5 Å². The normalized spacial score (nSPS) is 18.8. The fourth-order valence-electron chi connectivity index (χ4n) is 3.42. The van der Waals surface area contributed by atoms with Crippen LogP contribution in [0.5, 0.6) is 0 Å². The van der Waals surface area contributed by atoms with Gasteiger partial charge in [0.2, 0.25) is 0 Å². The molecule has 0 amide bonds. The summed E-state index contributed by atoms with van der Waals surface area (Å²) in [7, 11) is 0. The van der Waals surface area contributed by atoms with E-state index in [1.807, 2.05) is 6.92 Å². The van der Waals surface area contributed by atoms with Crippen molar-refractivity contribution >= 4 is 11.1 Å². The predicted octanol–water partition coefficient (Wildman–Crippen LogP) is 3.76. The third-order valence-electron chi connectivity index (χ3n) is 4.42. The molecule has 1 heterocycles. The molecule has 1 saturated carbocycles. The van der Waals surface area contributed by atoms with Gasteiger partial charge < -0.3 is 10.2 Å². The molecule has 3 rings (SSSR count). The second kappa shape index (κ2) is 5.33. The molecular formula is C16H22N2O. The fraction of sp³-hybridized carbons (Fsp3) is 0.562. The molecule has 0 spiro atoms. The summed E-state index contributed by atoms with van der Waals surface area (Å²) >= 11 is 0. The molecule has 0 radical (unpaired) electrons. The topological polar surface area (TPSA) is 52.0 Å². The van der Waals surface area contributed by atoms with E-state index < -0.39 is 0 Å². The van der Waals surface area contributed by atoms with Crippen LogP contribution in [-0.4, -0.2) is 11.5 Å². The van der Waals surface area contributed by atoms with E-state index in [1.165, 1.54) is 37.7 Å². The number of nitrogens with two attached hydrogens (primary N) is 1. The van der Waals surface area contributed by atoms with Crippen molar-refractivity contribution in [2.45, 2.75) is 44.9 Å². The zero-order chi connectivity index (χ0) is 13.2. The second-order valence-corrected chi connectivity index (χ2v) is 5.70. The molecule has 1 unspecified atom stereocenters. The molecule has 0 aliphatic heterocycles. The van der Waals surface area contributed by atoms with Gasteiger partial charge in [0.1, 0.15) is 5.52 Å². The summed E-state index contributed by atoms with van der Waals surface area (Å²) in [6.45, 7) is 2.62. The Morgan fingerprint density at radius 2 is 2.11 bits per heavy atom. The molecule has 0 saturated heterocycles. The maximum Gasteiger partial charge on any atom is 0.192 e. The van der Waals surface area contributed by atoms with Gasteiger partial charge in [-0.3, -0.25) is 0 Å². The van der Waals surface area contributed by atoms with Crippen molar-refractivity contribution in [2.24, 2.45) is 11.7 Å². The van der Waals surface area contributed by atoms with E-state index in [1.54, 1.807) is 0 Å². The SMILES string of the molecule is Cc1nc2ccc(C(CN)C3CCCCC3)cc2o1. The predicted molar refractivity (Wildman–Crippen MR) is 77.1 cm³/mol. The molecular weight excluding hydrogens is 236 g/mol. The van der Waals surface area contributed by atoms with Gasteiger partial charge in [-0.25, -0.2) is 4.98 Å². The van der Waals surface area contributed by atoms with E-state index in [9.17, 15) is 0 Å². The van der Waals surface area contributed by atoms with Gasteiger partial charge in [-0.15, -0.1) is 0 Å². The highest BCUT2D eigenvalue weighted by atomic mass is 16.3. The van der Waals surface area contributed by atoms with Gasteiger partial charge in [-0.1, -0.05) is 25.3 Å². The number of rotatable bonds is 3. The van der Waals surface area contributed by atoms with Crippen molar-refractivity contribution in [3.8, 4) is 0 Å². The number of hydrogen-bond donors (Lipinski definition) is 1. The van der Waals surface area contributed by atoms with Crippen LogP contribution in [0, 0.1) is 12.8 Å². The van der Waals surface area contributed by atoms with Gasteiger partial charge >= 0.3 is 0 Å². The Balaban J connectivity index is 1.91. The maximum absolute atomic E-state index is 6.04. The molecule has 1 aliphatic rings. The highest BCUT2D eigenvalue weighted by Crippen LogP contribution is 2.36. The van der Waals surface area contributed by atoms with Crippen molar-refractivity contribution in [1.82, 2.24) is 4.98 Å². The number of fused-ring (bicyclic) bond motifs is 1. The third-order valence-corrected chi connectivity index (χ3v) is 4.42. The summed E-state index contributed by atoms with van der Waals surface area (Å²) in [5.74, 6) is 1.93. The summed E-state index contributed by atoms with van der Waals surface area (Å²) in [4.78, 5) is 4.35. The van der Waals surface area contributed by atoms with Crippen LogP contribution < -0.4 is 5.73 Å². The summed E-state index contributed by atoms with van der Waals surface area (Å²) in [5, 5.41) is 0. The van der Waals surface area contributed by atoms with E-state index >= 15 is 0 Å². The Labute approximate surface area is 114 Å². The highest BCUT2D eigenvalue weighted by Gasteiger charge is 2.24. The molecule has 2 N–H and O–H groups in total. The van der Waals surface area contributed by atoms with E-state index in [4.69, 9.17) is 10.2 Å². The van der Waals surface area contributed by atoms with Gasteiger partial charge in [0.15, 0.2) is 11.5 Å². The number of aryl methyl sites for hydroxylation is 1. The minimum Gasteiger partial charge on any atom is -0.441 e. The van der Waals surface area contributed by atoms with Crippen LogP contribution in [0.3, 0.4) is 0 Å². The van der Waals surface area contributed by atoms with E-state index in [0.29, 0.717) is 5.92 Å². The van der Waals surface area contributed by atoms with Crippen molar-refractivity contribution < 1.29 is 4.42 Å². The van der Waals surface area contributed by atoms with Gasteiger partial charge in [0.05, 0.1) is 0 Å². The first-order chi connectivity index (χ1) is 9.28. The Kier molecular flexibility index (Phi) is 3.56. The molecule has 2 aromatic rings. The average Bonchev–Trinajstić information content (AvgIpc) is 2.80. The number of aromatic nitrogens is 1. The average molecular weight is 258 g/mol. The largest absolute Gasteiger partial charge is 0.441 e. The van der Waals surface area contributed by atoms with Gasteiger partial charge in [0.25, 0.3) is 0 Å². The molecule has 1 aromatic heterocycles. The molecule has 19 heavy (non-hydrogen) atoms. The fourth-order valence-corrected chi connectivity index (χ4v) is 3.42. The van der Waals surface area contributed by atoms with Crippen LogP contribution in [0.25, 0.3) is 11.1 Å². The van der Waals surface area contributed by atoms with Crippen LogP contribution in [0.2, 0.25) is 0 Å². The Morgan fingerprint density at radius 3 is 2.84 bits per heavy atom. The first kappa shape index (κ1) is 12.7. The summed E-state index contributed by atoms with van der Waals surface area (Å²) in [6, 6.07) is 6.38. The zero-order valence-electron chi connectivity index (χ0n) is 11.6. The van der Waals surface area contributed by atoms with Gasteiger partial charge in [0, 0.05) is 6.92 Å². The second-order valence-electron chi connectivity index (χ2n) is 5.70. The van der Waals surface area contributed by atoms with Crippen molar-refractivity contribution in [1.29, 1.82) is 0 Å². The quantitative estimate of drug-likeness (QED) is 0.912. The monoisotopic (exact) mass is 258 g/mol.